The quantitative estimate of drug-likeness (QED) is 0.378. The number of methoxy groups -OCH3 is 1. The fourth-order valence-electron chi connectivity index (χ4n) is 4.35. The molecule has 1 unspecified atom stereocenters. The largest absolute Gasteiger partial charge is 0.495 e. The van der Waals surface area contributed by atoms with E-state index >= 15 is 0 Å². The zero-order valence-electron chi connectivity index (χ0n) is 18.7. The average Bonchev–Trinajstić information content (AvgIpc) is 3.54. The lowest BCUT2D eigenvalue weighted by Gasteiger charge is -2.40. The Hall–Kier alpha value is -3.01. The van der Waals surface area contributed by atoms with Crippen LogP contribution in [0.2, 0.25) is 0 Å². The van der Waals surface area contributed by atoms with E-state index in [2.05, 4.69) is 37.5 Å². The van der Waals surface area contributed by atoms with E-state index in [1.165, 1.54) is 17.0 Å². The first-order valence-corrected chi connectivity index (χ1v) is 11.8. The second-order valence-corrected chi connectivity index (χ2v) is 8.96. The molecule has 0 bridgehead atoms. The van der Waals surface area contributed by atoms with Gasteiger partial charge in [-0.2, -0.15) is 0 Å². The Morgan fingerprint density at radius 3 is 2.47 bits per heavy atom. The van der Waals surface area contributed by atoms with E-state index in [0.29, 0.717) is 6.54 Å². The summed E-state index contributed by atoms with van der Waals surface area (Å²) in [6, 6.07) is 18.7. The number of para-hydroxylation sites is 2. The summed E-state index contributed by atoms with van der Waals surface area (Å²) in [6.07, 6.45) is 0. The number of nitrogens with zero attached hydrogens (tertiary/aromatic N) is 6. The second-order valence-electron chi connectivity index (χ2n) is 7.92. The molecule has 0 N–H and O–H groups in total. The molecule has 3 heterocycles. The van der Waals surface area contributed by atoms with Crippen molar-refractivity contribution in [2.24, 2.45) is 0 Å². The third-order valence-corrected chi connectivity index (χ3v) is 6.84. The van der Waals surface area contributed by atoms with Gasteiger partial charge in [0, 0.05) is 31.1 Å². The standard InChI is InChI=1S/C24H25FN6OS.ClH/c1-32-22-7-3-2-6-21(22)29-12-14-30(15-13-29)23(18-8-10-19(25)11-9-18)24-26-27-28-31(24)17-20-5-4-16-33-20;/h2-11,16,23H,12-15,17H2,1H3;1H. The van der Waals surface area contributed by atoms with Crippen molar-refractivity contribution < 1.29 is 9.13 Å². The zero-order valence-corrected chi connectivity index (χ0v) is 20.4. The number of hydrogen-bond donors (Lipinski definition) is 0. The van der Waals surface area contributed by atoms with E-state index in [0.717, 1.165) is 49.0 Å². The molecule has 7 nitrogen and oxygen atoms in total. The molecule has 1 aliphatic rings. The highest BCUT2D eigenvalue weighted by atomic mass is 35.5. The van der Waals surface area contributed by atoms with Crippen LogP contribution in [-0.2, 0) is 6.54 Å². The van der Waals surface area contributed by atoms with Crippen molar-refractivity contribution in [2.75, 3.05) is 38.2 Å². The average molecular weight is 501 g/mol. The molecule has 2 aromatic heterocycles. The summed E-state index contributed by atoms with van der Waals surface area (Å²) in [5.74, 6) is 1.39. The maximum atomic E-state index is 13.7. The minimum Gasteiger partial charge on any atom is -0.495 e. The van der Waals surface area contributed by atoms with Crippen molar-refractivity contribution in [3.63, 3.8) is 0 Å². The first-order chi connectivity index (χ1) is 16.2. The first-order valence-electron chi connectivity index (χ1n) is 10.9. The minimum absolute atomic E-state index is 0. The second kappa shape index (κ2) is 10.9. The van der Waals surface area contributed by atoms with Gasteiger partial charge in [0.1, 0.15) is 11.6 Å². The van der Waals surface area contributed by atoms with Gasteiger partial charge in [0.2, 0.25) is 0 Å². The van der Waals surface area contributed by atoms with E-state index in [9.17, 15) is 4.39 Å². The van der Waals surface area contributed by atoms with Crippen molar-refractivity contribution in [2.45, 2.75) is 12.6 Å². The van der Waals surface area contributed by atoms with Gasteiger partial charge < -0.3 is 9.64 Å². The Bertz CT molecular complexity index is 1180. The van der Waals surface area contributed by atoms with Gasteiger partial charge in [0.15, 0.2) is 5.82 Å². The number of benzene rings is 2. The molecule has 1 aliphatic heterocycles. The Labute approximate surface area is 208 Å². The van der Waals surface area contributed by atoms with Gasteiger partial charge in [-0.1, -0.05) is 30.3 Å². The van der Waals surface area contributed by atoms with Crippen LogP contribution in [0.3, 0.4) is 0 Å². The third-order valence-electron chi connectivity index (χ3n) is 5.98. The topological polar surface area (TPSA) is 59.3 Å². The van der Waals surface area contributed by atoms with E-state index in [-0.39, 0.29) is 24.3 Å². The zero-order chi connectivity index (χ0) is 22.6. The highest BCUT2D eigenvalue weighted by Crippen LogP contribution is 2.32. The highest BCUT2D eigenvalue weighted by Gasteiger charge is 2.31. The molecule has 10 heteroatoms. The monoisotopic (exact) mass is 500 g/mol. The number of piperazine rings is 1. The summed E-state index contributed by atoms with van der Waals surface area (Å²) < 4.78 is 21.1. The number of rotatable bonds is 7. The Morgan fingerprint density at radius 2 is 1.76 bits per heavy atom. The van der Waals surface area contributed by atoms with E-state index in [4.69, 9.17) is 4.74 Å². The maximum Gasteiger partial charge on any atom is 0.173 e. The normalized spacial score (nSPS) is 15.1. The maximum absolute atomic E-state index is 13.7. The van der Waals surface area contributed by atoms with Gasteiger partial charge in [-0.15, -0.1) is 28.8 Å². The third kappa shape index (κ3) is 5.06. The molecular formula is C24H26ClFN6OS. The Kier molecular flexibility index (Phi) is 7.77. The highest BCUT2D eigenvalue weighted by molar-refractivity contribution is 7.09. The fourth-order valence-corrected chi connectivity index (χ4v) is 5.04. The van der Waals surface area contributed by atoms with Crippen molar-refractivity contribution >= 4 is 29.4 Å². The fraction of sp³-hybridized carbons (Fsp3) is 0.292. The SMILES string of the molecule is COc1ccccc1N1CCN(C(c2ccc(F)cc2)c2nnnn2Cc2cccs2)CC1.Cl. The summed E-state index contributed by atoms with van der Waals surface area (Å²) in [6.45, 7) is 3.91. The van der Waals surface area contributed by atoms with E-state index in [1.807, 2.05) is 46.5 Å². The summed E-state index contributed by atoms with van der Waals surface area (Å²) in [4.78, 5) is 5.89. The van der Waals surface area contributed by atoms with Gasteiger partial charge >= 0.3 is 0 Å². The van der Waals surface area contributed by atoms with Crippen LogP contribution < -0.4 is 9.64 Å². The predicted molar refractivity (Wildman–Crippen MR) is 134 cm³/mol. The molecule has 0 amide bonds. The van der Waals surface area contributed by atoms with Crippen LogP contribution in [0, 0.1) is 5.82 Å². The molecule has 178 valence electrons. The Balaban J connectivity index is 0.00000274. The molecule has 0 spiro atoms. The lowest BCUT2D eigenvalue weighted by atomic mass is 10.0. The summed E-state index contributed by atoms with van der Waals surface area (Å²) in [5.41, 5.74) is 2.07. The molecule has 1 fully saturated rings. The molecule has 1 atom stereocenters. The molecule has 0 aliphatic carbocycles. The molecule has 34 heavy (non-hydrogen) atoms. The number of anilines is 1. The number of halogens is 2. The number of hydrogen-bond acceptors (Lipinski definition) is 7. The number of thiophene rings is 1. The molecule has 5 rings (SSSR count). The Morgan fingerprint density at radius 1 is 1.00 bits per heavy atom. The lowest BCUT2D eigenvalue weighted by Crippen LogP contribution is -2.48. The van der Waals surface area contributed by atoms with Crippen molar-refractivity contribution in [1.82, 2.24) is 25.1 Å². The lowest BCUT2D eigenvalue weighted by molar-refractivity contribution is 0.201. The smallest absolute Gasteiger partial charge is 0.173 e. The van der Waals surface area contributed by atoms with E-state index in [1.54, 1.807) is 18.4 Å². The van der Waals surface area contributed by atoms with Crippen LogP contribution in [0.4, 0.5) is 10.1 Å². The van der Waals surface area contributed by atoms with Crippen molar-refractivity contribution in [1.29, 1.82) is 0 Å². The molecular weight excluding hydrogens is 475 g/mol. The van der Waals surface area contributed by atoms with Gasteiger partial charge in [-0.3, -0.25) is 4.90 Å². The molecule has 2 aromatic carbocycles. The molecule has 4 aromatic rings. The molecule has 1 saturated heterocycles. The van der Waals surface area contributed by atoms with Gasteiger partial charge in [0.05, 0.1) is 25.4 Å². The number of aromatic nitrogens is 4. The number of ether oxygens (including phenoxy) is 1. The van der Waals surface area contributed by atoms with Crippen molar-refractivity contribution in [3.05, 3.63) is 88.1 Å². The van der Waals surface area contributed by atoms with Crippen LogP contribution in [-0.4, -0.2) is 58.4 Å². The van der Waals surface area contributed by atoms with Crippen LogP contribution in [0.1, 0.15) is 22.3 Å². The number of tetrazole rings is 1. The van der Waals surface area contributed by atoms with Gasteiger partial charge in [-0.05, 0) is 51.7 Å². The van der Waals surface area contributed by atoms with Crippen LogP contribution in [0.25, 0.3) is 0 Å². The van der Waals surface area contributed by atoms with E-state index < -0.39 is 0 Å². The van der Waals surface area contributed by atoms with Gasteiger partial charge in [-0.25, -0.2) is 9.07 Å². The predicted octanol–water partition coefficient (Wildman–Crippen LogP) is 4.26. The van der Waals surface area contributed by atoms with Crippen molar-refractivity contribution in [3.8, 4) is 5.75 Å². The summed E-state index contributed by atoms with van der Waals surface area (Å²) in [7, 11) is 1.70. The van der Waals surface area contributed by atoms with Crippen LogP contribution in [0.5, 0.6) is 5.75 Å². The van der Waals surface area contributed by atoms with Gasteiger partial charge in [0.25, 0.3) is 0 Å². The summed E-state index contributed by atoms with van der Waals surface area (Å²) >= 11 is 1.68. The molecule has 0 saturated carbocycles. The first kappa shape index (κ1) is 24.1. The molecule has 0 radical (unpaired) electrons. The summed E-state index contributed by atoms with van der Waals surface area (Å²) in [5, 5.41) is 14.7. The van der Waals surface area contributed by atoms with Crippen LogP contribution >= 0.6 is 23.7 Å². The minimum atomic E-state index is -0.253. The van der Waals surface area contributed by atoms with Crippen LogP contribution in [0.15, 0.2) is 66.0 Å².